The lowest BCUT2D eigenvalue weighted by Crippen LogP contribution is -2.16. The van der Waals surface area contributed by atoms with Gasteiger partial charge in [-0.25, -0.2) is 13.2 Å². The summed E-state index contributed by atoms with van der Waals surface area (Å²) in [4.78, 5) is 14.6. The second kappa shape index (κ2) is 4.97. The van der Waals surface area contributed by atoms with E-state index in [-0.39, 0.29) is 27.7 Å². The van der Waals surface area contributed by atoms with Crippen LogP contribution in [0.1, 0.15) is 21.9 Å². The zero-order chi connectivity index (χ0) is 14.9. The summed E-state index contributed by atoms with van der Waals surface area (Å²) in [6, 6.07) is 2.92. The van der Waals surface area contributed by atoms with Crippen LogP contribution in [-0.2, 0) is 10.0 Å². The number of furan rings is 1. The summed E-state index contributed by atoms with van der Waals surface area (Å²) in [5, 5.41) is 9.13. The van der Waals surface area contributed by atoms with Crippen LogP contribution >= 0.6 is 0 Å². The lowest BCUT2D eigenvalue weighted by molar-refractivity contribution is 0.0691. The van der Waals surface area contributed by atoms with Gasteiger partial charge in [-0.2, -0.15) is 0 Å². The van der Waals surface area contributed by atoms with Crippen molar-refractivity contribution in [3.63, 3.8) is 0 Å². The minimum Gasteiger partial charge on any atom is -0.478 e. The molecule has 0 aromatic carbocycles. The van der Waals surface area contributed by atoms with Crippen molar-refractivity contribution < 1.29 is 22.7 Å². The number of sulfonamides is 1. The molecular weight excluding hydrogens is 284 g/mol. The van der Waals surface area contributed by atoms with Crippen molar-refractivity contribution >= 4 is 21.7 Å². The van der Waals surface area contributed by atoms with E-state index >= 15 is 0 Å². The molecular formula is C12H12N2O5S. The smallest absolute Gasteiger partial charge is 0.340 e. The van der Waals surface area contributed by atoms with E-state index in [9.17, 15) is 13.2 Å². The Balaban J connectivity index is 2.53. The Morgan fingerprint density at radius 1 is 1.25 bits per heavy atom. The fourth-order valence-corrected chi connectivity index (χ4v) is 3.33. The third-order valence-corrected chi connectivity index (χ3v) is 4.15. The van der Waals surface area contributed by atoms with Crippen molar-refractivity contribution in [1.29, 1.82) is 0 Å². The topological polar surface area (TPSA) is 110 Å². The number of carboxylic acids is 1. The van der Waals surface area contributed by atoms with Crippen LogP contribution in [0.2, 0.25) is 0 Å². The Bertz CT molecular complexity index is 750. The van der Waals surface area contributed by atoms with E-state index in [2.05, 4.69) is 9.71 Å². The first kappa shape index (κ1) is 14.1. The van der Waals surface area contributed by atoms with Gasteiger partial charge in [-0.15, -0.1) is 0 Å². The minimum absolute atomic E-state index is 0.0291. The molecule has 8 heteroatoms. The van der Waals surface area contributed by atoms with Crippen LogP contribution in [0.15, 0.2) is 33.8 Å². The molecule has 2 rings (SSSR count). The number of carboxylic acid groups (broad SMARTS) is 1. The number of aromatic nitrogens is 1. The average Bonchev–Trinajstić information content (AvgIpc) is 2.65. The van der Waals surface area contributed by atoms with E-state index in [1.54, 1.807) is 0 Å². The molecule has 0 saturated carbocycles. The van der Waals surface area contributed by atoms with Crippen molar-refractivity contribution in [3.05, 3.63) is 41.6 Å². The first-order valence-corrected chi connectivity index (χ1v) is 7.07. The number of hydrogen-bond donors (Lipinski definition) is 2. The van der Waals surface area contributed by atoms with Gasteiger partial charge in [0.05, 0.1) is 5.69 Å². The minimum atomic E-state index is -4.05. The van der Waals surface area contributed by atoms with E-state index in [4.69, 9.17) is 9.52 Å². The Morgan fingerprint density at radius 3 is 2.40 bits per heavy atom. The van der Waals surface area contributed by atoms with Crippen molar-refractivity contribution in [2.45, 2.75) is 18.7 Å². The summed E-state index contributed by atoms with van der Waals surface area (Å²) < 4.78 is 32.0. The van der Waals surface area contributed by atoms with Gasteiger partial charge in [0.1, 0.15) is 22.0 Å². The molecule has 2 N–H and O–H groups in total. The average molecular weight is 296 g/mol. The molecule has 2 aromatic rings. The van der Waals surface area contributed by atoms with Crippen LogP contribution in [-0.4, -0.2) is 24.5 Å². The Morgan fingerprint density at radius 2 is 1.85 bits per heavy atom. The SMILES string of the molecule is Cc1oc(C)c(S(=O)(=O)Nc2ccncc2)c1C(=O)O. The molecule has 0 spiro atoms. The van der Waals surface area contributed by atoms with Gasteiger partial charge >= 0.3 is 5.97 Å². The highest BCUT2D eigenvalue weighted by Gasteiger charge is 2.30. The molecule has 7 nitrogen and oxygen atoms in total. The summed E-state index contributed by atoms with van der Waals surface area (Å²) in [6.07, 6.45) is 2.84. The predicted octanol–water partition coefficient (Wildman–Crippen LogP) is 1.79. The number of carbonyl (C=O) groups is 1. The number of aromatic carboxylic acids is 1. The second-order valence-corrected chi connectivity index (χ2v) is 5.68. The van der Waals surface area contributed by atoms with Crippen LogP contribution in [0.25, 0.3) is 0 Å². The Hall–Kier alpha value is -2.35. The molecule has 0 saturated heterocycles. The standard InChI is InChI=1S/C12H12N2O5S/c1-7-10(12(15)16)11(8(2)19-7)20(17,18)14-9-3-5-13-6-4-9/h3-6H,1-2H3,(H,13,14)(H,15,16). The normalized spacial score (nSPS) is 11.3. The van der Waals surface area contributed by atoms with E-state index in [1.807, 2.05) is 0 Å². The van der Waals surface area contributed by atoms with Gasteiger partial charge in [0.2, 0.25) is 0 Å². The van der Waals surface area contributed by atoms with Crippen LogP contribution in [0.4, 0.5) is 5.69 Å². The van der Waals surface area contributed by atoms with Crippen LogP contribution in [0, 0.1) is 13.8 Å². The molecule has 106 valence electrons. The zero-order valence-electron chi connectivity index (χ0n) is 10.7. The molecule has 0 bridgehead atoms. The van der Waals surface area contributed by atoms with Crippen LogP contribution < -0.4 is 4.72 Å². The van der Waals surface area contributed by atoms with Crippen molar-refractivity contribution in [3.8, 4) is 0 Å². The molecule has 2 aromatic heterocycles. The highest BCUT2D eigenvalue weighted by Crippen LogP contribution is 2.28. The van der Waals surface area contributed by atoms with Gasteiger partial charge in [-0.1, -0.05) is 0 Å². The van der Waals surface area contributed by atoms with Gasteiger partial charge in [0.15, 0.2) is 0 Å². The summed E-state index contributed by atoms with van der Waals surface area (Å²) in [7, 11) is -4.05. The second-order valence-electron chi connectivity index (χ2n) is 4.07. The molecule has 0 amide bonds. The van der Waals surface area contributed by atoms with Crippen LogP contribution in [0.3, 0.4) is 0 Å². The predicted molar refractivity (Wildman–Crippen MR) is 70.2 cm³/mol. The van der Waals surface area contributed by atoms with Crippen LogP contribution in [0.5, 0.6) is 0 Å². The molecule has 0 unspecified atom stereocenters. The van der Waals surface area contributed by atoms with E-state index in [0.29, 0.717) is 0 Å². The van der Waals surface area contributed by atoms with Gasteiger partial charge in [-0.3, -0.25) is 9.71 Å². The summed E-state index contributed by atoms with van der Waals surface area (Å²) in [6.45, 7) is 2.81. The number of pyridine rings is 1. The third kappa shape index (κ3) is 2.50. The number of hydrogen-bond acceptors (Lipinski definition) is 5. The lowest BCUT2D eigenvalue weighted by atomic mass is 10.2. The molecule has 0 atom stereocenters. The Labute approximate surface area is 115 Å². The van der Waals surface area contributed by atoms with E-state index in [0.717, 1.165) is 0 Å². The maximum absolute atomic E-state index is 12.3. The van der Waals surface area contributed by atoms with Crippen molar-refractivity contribution in [1.82, 2.24) is 4.98 Å². The highest BCUT2D eigenvalue weighted by molar-refractivity contribution is 7.92. The number of nitrogens with zero attached hydrogens (tertiary/aromatic N) is 1. The molecule has 0 radical (unpaired) electrons. The van der Waals surface area contributed by atoms with Gasteiger partial charge in [0.25, 0.3) is 10.0 Å². The monoisotopic (exact) mass is 296 g/mol. The molecule has 20 heavy (non-hydrogen) atoms. The van der Waals surface area contributed by atoms with Gasteiger partial charge in [0, 0.05) is 12.4 Å². The van der Waals surface area contributed by atoms with E-state index < -0.39 is 16.0 Å². The van der Waals surface area contributed by atoms with Crippen molar-refractivity contribution in [2.24, 2.45) is 0 Å². The summed E-state index contributed by atoms with van der Waals surface area (Å²) in [5.41, 5.74) is -0.0707. The highest BCUT2D eigenvalue weighted by atomic mass is 32.2. The molecule has 0 fully saturated rings. The quantitative estimate of drug-likeness (QED) is 0.890. The Kier molecular flexibility index (Phi) is 3.49. The molecule has 0 aliphatic carbocycles. The maximum Gasteiger partial charge on any atom is 0.340 e. The number of anilines is 1. The molecule has 0 aliphatic rings. The fraction of sp³-hybridized carbons (Fsp3) is 0.167. The summed E-state index contributed by atoms with van der Waals surface area (Å²) >= 11 is 0. The third-order valence-electron chi connectivity index (χ3n) is 2.62. The maximum atomic E-state index is 12.3. The first-order chi connectivity index (χ1) is 9.33. The number of aryl methyl sites for hydroxylation is 2. The lowest BCUT2D eigenvalue weighted by Gasteiger charge is -2.07. The van der Waals surface area contributed by atoms with Gasteiger partial charge < -0.3 is 9.52 Å². The van der Waals surface area contributed by atoms with E-state index in [1.165, 1.54) is 38.4 Å². The zero-order valence-corrected chi connectivity index (χ0v) is 11.6. The largest absolute Gasteiger partial charge is 0.478 e. The van der Waals surface area contributed by atoms with Gasteiger partial charge in [-0.05, 0) is 26.0 Å². The summed E-state index contributed by atoms with van der Waals surface area (Å²) in [5.74, 6) is -1.28. The first-order valence-electron chi connectivity index (χ1n) is 5.59. The van der Waals surface area contributed by atoms with Crippen molar-refractivity contribution in [2.75, 3.05) is 4.72 Å². The molecule has 2 heterocycles. The number of rotatable bonds is 4. The molecule has 0 aliphatic heterocycles. The number of nitrogens with one attached hydrogen (secondary N) is 1. The fourth-order valence-electron chi connectivity index (χ4n) is 1.86.